The Morgan fingerprint density at radius 2 is 0.935 bits per heavy atom. The zero-order valence-corrected chi connectivity index (χ0v) is 31.1. The van der Waals surface area contributed by atoms with Crippen LogP contribution in [0, 0.1) is 0 Å². The molecule has 0 fully saturated rings. The van der Waals surface area contributed by atoms with Gasteiger partial charge in [0.15, 0.2) is 0 Å². The van der Waals surface area contributed by atoms with Crippen LogP contribution in [0.3, 0.4) is 0 Å². The number of hydrogen-bond acceptors (Lipinski definition) is 4. The first kappa shape index (κ1) is 44.9. The molecule has 1 N–H and O–H groups in total. The Morgan fingerprint density at radius 1 is 0.522 bits per heavy atom. The number of aliphatic hydroxyl groups excluding tert-OH is 1. The summed E-state index contributed by atoms with van der Waals surface area (Å²) < 4.78 is 11.1. The maximum atomic E-state index is 12.2. The highest BCUT2D eigenvalue weighted by atomic mass is 16.6. The predicted octanol–water partition coefficient (Wildman–Crippen LogP) is 13.2. The van der Waals surface area contributed by atoms with Gasteiger partial charge in [0.25, 0.3) is 0 Å². The van der Waals surface area contributed by atoms with Crippen LogP contribution in [0.2, 0.25) is 0 Å². The highest BCUT2D eigenvalue weighted by Gasteiger charge is 2.13. The molecule has 0 aliphatic rings. The Bertz CT molecular complexity index is 644. The molecule has 0 saturated carbocycles. The number of allylic oxidation sites excluding steroid dienone is 4. The van der Waals surface area contributed by atoms with Crippen LogP contribution in [0.4, 0.5) is 0 Å². The molecule has 272 valence electrons. The van der Waals surface area contributed by atoms with Crippen LogP contribution >= 0.6 is 0 Å². The Labute approximate surface area is 288 Å². The van der Waals surface area contributed by atoms with Gasteiger partial charge in [-0.3, -0.25) is 4.79 Å². The van der Waals surface area contributed by atoms with Gasteiger partial charge in [0, 0.05) is 13.0 Å². The lowest BCUT2D eigenvalue weighted by molar-refractivity contribution is -0.154. The maximum Gasteiger partial charge on any atom is 0.306 e. The number of esters is 1. The monoisotopic (exact) mass is 649 g/mol. The lowest BCUT2D eigenvalue weighted by Gasteiger charge is -2.15. The first-order valence-corrected chi connectivity index (χ1v) is 20.4. The van der Waals surface area contributed by atoms with E-state index in [1.807, 2.05) is 0 Å². The van der Waals surface area contributed by atoms with Gasteiger partial charge in [-0.05, 0) is 38.5 Å². The van der Waals surface area contributed by atoms with E-state index in [1.165, 1.54) is 167 Å². The molecule has 4 heteroatoms. The van der Waals surface area contributed by atoms with Crippen molar-refractivity contribution in [1.82, 2.24) is 0 Å². The van der Waals surface area contributed by atoms with Crippen molar-refractivity contribution in [3.05, 3.63) is 24.3 Å². The maximum absolute atomic E-state index is 12.2. The standard InChI is InChI=1S/C42H80O4/c1-3-5-7-9-11-13-15-17-19-20-21-22-23-25-27-29-31-33-35-37-42(44)46-41(39-43)40-45-38-36-34-32-30-28-26-24-18-16-14-12-10-8-6-4-2/h10,12,16,18,41,43H,3-9,11,13-15,17,19-40H2,1-2H3/b12-10-,18-16-. The van der Waals surface area contributed by atoms with E-state index < -0.39 is 6.10 Å². The second kappa shape index (κ2) is 40.0. The van der Waals surface area contributed by atoms with E-state index in [9.17, 15) is 9.90 Å². The van der Waals surface area contributed by atoms with E-state index in [2.05, 4.69) is 38.2 Å². The zero-order valence-electron chi connectivity index (χ0n) is 31.1. The van der Waals surface area contributed by atoms with Crippen molar-refractivity contribution in [3.63, 3.8) is 0 Å². The molecule has 0 heterocycles. The lowest BCUT2D eigenvalue weighted by Crippen LogP contribution is -2.27. The number of carbonyl (C=O) groups excluding carboxylic acids is 1. The Kier molecular flexibility index (Phi) is 39.1. The molecule has 0 aromatic carbocycles. The van der Waals surface area contributed by atoms with Gasteiger partial charge in [0.05, 0.1) is 13.2 Å². The van der Waals surface area contributed by atoms with E-state index in [4.69, 9.17) is 9.47 Å². The van der Waals surface area contributed by atoms with Crippen LogP contribution < -0.4 is 0 Å². The normalized spacial score (nSPS) is 12.5. The first-order valence-electron chi connectivity index (χ1n) is 20.4. The number of hydrogen-bond donors (Lipinski definition) is 1. The summed E-state index contributed by atoms with van der Waals surface area (Å²) in [6.07, 6.45) is 48.0. The summed E-state index contributed by atoms with van der Waals surface area (Å²) >= 11 is 0. The Balaban J connectivity index is 3.40. The Hall–Kier alpha value is -1.13. The summed E-state index contributed by atoms with van der Waals surface area (Å²) in [4.78, 5) is 12.2. The molecule has 4 nitrogen and oxygen atoms in total. The van der Waals surface area contributed by atoms with Gasteiger partial charge in [0.1, 0.15) is 6.10 Å². The van der Waals surface area contributed by atoms with Crippen molar-refractivity contribution < 1.29 is 19.4 Å². The number of ether oxygens (including phenoxy) is 2. The minimum absolute atomic E-state index is 0.172. The van der Waals surface area contributed by atoms with E-state index in [-0.39, 0.29) is 12.6 Å². The van der Waals surface area contributed by atoms with Crippen molar-refractivity contribution >= 4 is 5.97 Å². The number of aliphatic hydroxyl groups is 1. The van der Waals surface area contributed by atoms with Crippen molar-refractivity contribution in [1.29, 1.82) is 0 Å². The molecule has 1 unspecified atom stereocenters. The SMILES string of the molecule is CCCC/C=C\C/C=C\CCCCCCCCOCC(CO)OC(=O)CCCCCCCCCCCCCCCCCCCCC. The average Bonchev–Trinajstić information content (AvgIpc) is 3.06. The van der Waals surface area contributed by atoms with Gasteiger partial charge in [-0.15, -0.1) is 0 Å². The first-order chi connectivity index (χ1) is 22.7. The molecule has 0 aromatic rings. The molecule has 0 bridgehead atoms. The molecule has 46 heavy (non-hydrogen) atoms. The van der Waals surface area contributed by atoms with Crippen molar-refractivity contribution in [2.24, 2.45) is 0 Å². The summed E-state index contributed by atoms with van der Waals surface area (Å²) in [5.41, 5.74) is 0. The van der Waals surface area contributed by atoms with E-state index in [0.29, 0.717) is 19.6 Å². The van der Waals surface area contributed by atoms with Gasteiger partial charge in [-0.2, -0.15) is 0 Å². The van der Waals surface area contributed by atoms with Crippen LogP contribution in [-0.4, -0.2) is 37.0 Å². The van der Waals surface area contributed by atoms with Crippen LogP contribution in [-0.2, 0) is 14.3 Å². The van der Waals surface area contributed by atoms with Crippen molar-refractivity contribution in [3.8, 4) is 0 Å². The third kappa shape index (κ3) is 37.3. The topological polar surface area (TPSA) is 55.8 Å². The molecule has 0 rings (SSSR count). The third-order valence-corrected chi connectivity index (χ3v) is 9.03. The second-order valence-electron chi connectivity index (χ2n) is 13.7. The molecular weight excluding hydrogens is 568 g/mol. The number of rotatable bonds is 38. The Morgan fingerprint density at radius 3 is 1.41 bits per heavy atom. The van der Waals surface area contributed by atoms with Gasteiger partial charge in [0.2, 0.25) is 0 Å². The van der Waals surface area contributed by atoms with E-state index >= 15 is 0 Å². The molecule has 0 aromatic heterocycles. The minimum Gasteiger partial charge on any atom is -0.457 e. The molecule has 0 aliphatic heterocycles. The largest absolute Gasteiger partial charge is 0.457 e. The average molecular weight is 649 g/mol. The fourth-order valence-electron chi connectivity index (χ4n) is 5.93. The highest BCUT2D eigenvalue weighted by molar-refractivity contribution is 5.69. The zero-order chi connectivity index (χ0) is 33.4. The highest BCUT2D eigenvalue weighted by Crippen LogP contribution is 2.15. The van der Waals surface area contributed by atoms with Crippen LogP contribution in [0.15, 0.2) is 24.3 Å². The summed E-state index contributed by atoms with van der Waals surface area (Å²) in [6, 6.07) is 0. The molecule has 0 radical (unpaired) electrons. The minimum atomic E-state index is -0.535. The smallest absolute Gasteiger partial charge is 0.306 e. The predicted molar refractivity (Wildman–Crippen MR) is 201 cm³/mol. The van der Waals surface area contributed by atoms with Crippen molar-refractivity contribution in [2.75, 3.05) is 19.8 Å². The molecule has 0 aliphatic carbocycles. The molecular formula is C42H80O4. The molecule has 0 amide bonds. The third-order valence-electron chi connectivity index (χ3n) is 9.03. The van der Waals surface area contributed by atoms with Gasteiger partial charge >= 0.3 is 5.97 Å². The number of carbonyl (C=O) groups is 1. The van der Waals surface area contributed by atoms with Crippen molar-refractivity contribution in [2.45, 2.75) is 219 Å². The van der Waals surface area contributed by atoms with Gasteiger partial charge in [-0.1, -0.05) is 192 Å². The molecule has 0 spiro atoms. The fraction of sp³-hybridized carbons (Fsp3) is 0.881. The fourth-order valence-corrected chi connectivity index (χ4v) is 5.93. The van der Waals surface area contributed by atoms with Gasteiger partial charge in [-0.25, -0.2) is 0 Å². The lowest BCUT2D eigenvalue weighted by atomic mass is 10.0. The van der Waals surface area contributed by atoms with E-state index in [1.54, 1.807) is 0 Å². The number of unbranched alkanes of at least 4 members (excludes halogenated alkanes) is 26. The molecule has 1 atom stereocenters. The summed E-state index contributed by atoms with van der Waals surface area (Å²) in [5.74, 6) is -0.201. The summed E-state index contributed by atoms with van der Waals surface area (Å²) in [6.45, 7) is 5.31. The summed E-state index contributed by atoms with van der Waals surface area (Å²) in [7, 11) is 0. The molecule has 0 saturated heterocycles. The van der Waals surface area contributed by atoms with Gasteiger partial charge < -0.3 is 14.6 Å². The van der Waals surface area contributed by atoms with E-state index in [0.717, 1.165) is 25.7 Å². The van der Waals surface area contributed by atoms with Crippen LogP contribution in [0.25, 0.3) is 0 Å². The quantitative estimate of drug-likeness (QED) is 0.0411. The second-order valence-corrected chi connectivity index (χ2v) is 13.7. The summed E-state index contributed by atoms with van der Waals surface area (Å²) in [5, 5.41) is 9.58. The van der Waals surface area contributed by atoms with Crippen LogP contribution in [0.5, 0.6) is 0 Å². The van der Waals surface area contributed by atoms with Crippen LogP contribution in [0.1, 0.15) is 213 Å².